The van der Waals surface area contributed by atoms with Crippen LogP contribution in [0.5, 0.6) is 0 Å². The number of hydrogen-bond acceptors (Lipinski definition) is 32. The number of allylic oxidation sites excluding steroid dienone is 7. The summed E-state index contributed by atoms with van der Waals surface area (Å²) in [5, 5.41) is 195. The van der Waals surface area contributed by atoms with Crippen LogP contribution in [-0.4, -0.2) is 282 Å². The second-order valence-electron chi connectivity index (χ2n) is 28.0. The van der Waals surface area contributed by atoms with E-state index in [9.17, 15) is 72.9 Å². The molecule has 0 fully saturated rings. The largest absolute Gasteiger partial charge is 0.512 e. The van der Waals surface area contributed by atoms with Gasteiger partial charge in [-0.05, 0) is 235 Å². The van der Waals surface area contributed by atoms with Gasteiger partial charge in [-0.3, -0.25) is 19.2 Å². The molecule has 0 spiro atoms. The average Bonchev–Trinajstić information content (AvgIpc) is 0.922. The summed E-state index contributed by atoms with van der Waals surface area (Å²) < 4.78 is 8.95. The van der Waals surface area contributed by atoms with Gasteiger partial charge in [0.05, 0.1) is 42.6 Å². The normalized spacial score (nSPS) is 8.92. The van der Waals surface area contributed by atoms with Crippen molar-refractivity contribution in [3.8, 4) is 0 Å². The van der Waals surface area contributed by atoms with E-state index in [1.54, 1.807) is 225 Å². The molecular weight excluding hydrogens is 2120 g/mol. The number of benzene rings is 3. The van der Waals surface area contributed by atoms with E-state index in [0.29, 0.717) is 29.9 Å². The number of aliphatic carboxylic acids is 6. The molecule has 0 atom stereocenters. The minimum absolute atomic E-state index is 0. The topological polar surface area (TPSA) is 709 Å². The van der Waals surface area contributed by atoms with Crippen LogP contribution in [0.25, 0.3) is 17.3 Å². The van der Waals surface area contributed by atoms with Crippen molar-refractivity contribution in [3.05, 3.63) is 235 Å². The molecule has 146 heavy (non-hydrogen) atoms. The first-order valence-corrected chi connectivity index (χ1v) is 42.6. The van der Waals surface area contributed by atoms with Gasteiger partial charge in [0.1, 0.15) is 17.3 Å². The van der Waals surface area contributed by atoms with E-state index >= 15 is 0 Å². The molecule has 24 N–H and O–H groups in total. The Bertz CT molecular complexity index is 3260. The molecule has 0 unspecified atom stereocenters. The van der Waals surface area contributed by atoms with Gasteiger partial charge in [0.2, 0.25) is 0 Å². The number of rotatable bonds is 17. The number of carboxylic acids is 6. The Morgan fingerprint density at radius 2 is 0.356 bits per heavy atom. The van der Waals surface area contributed by atoms with Crippen LogP contribution in [0.4, 0.5) is 0 Å². The second-order valence-corrected chi connectivity index (χ2v) is 28.0. The number of aliphatic hydroxyl groups is 18. The zero-order valence-electron chi connectivity index (χ0n) is 92.3. The van der Waals surface area contributed by atoms with Gasteiger partial charge in [0.15, 0.2) is 23.1 Å². The molecule has 0 heterocycles. The minimum atomic E-state index is -0.981. The van der Waals surface area contributed by atoms with Crippen LogP contribution < -0.4 is 0 Å². The fourth-order valence-electron chi connectivity index (χ4n) is 3.66. The smallest absolute Gasteiger partial charge is 0.334 e. The fraction of sp³-hybridized carbons (Fsp3) is 0.471. The SMILES string of the molecule is C=C(C)C(=O)O.C=C(C)C(=O)O.C=C(C)C(=O)O.C=C(C)C(=O)O.C=C(C)C(=O)O.C=CC(=O)O.CC(=O)C=C(C)O.CC(=O)C=C(O)c1ccccc1.CC(=O)C=C(O)c1ccccc1.CC(=O)C=C(O)c1ccccc1.CC(C)O.CC(C)O.CC(C)O.CC(C)O.CC(C)O.CC(C)O.CC(C)O.CC(C)O.CCO.CCO.CCO.CCO.CCOC(=O)C=C(C)O.CCOC(=O)C=C(C)O.[Ti].[Ti].[Ti].[Ti].[Ti].[Ti]. The Morgan fingerprint density at radius 3 is 0.418 bits per heavy atom. The van der Waals surface area contributed by atoms with Crippen LogP contribution in [0.1, 0.15) is 252 Å². The van der Waals surface area contributed by atoms with E-state index in [1.165, 1.54) is 107 Å². The van der Waals surface area contributed by atoms with Crippen molar-refractivity contribution in [1.82, 2.24) is 0 Å². The summed E-state index contributed by atoms with van der Waals surface area (Å²) in [7, 11) is 0. The molecule has 0 amide bonds. The van der Waals surface area contributed by atoms with Gasteiger partial charge < -0.3 is 132 Å². The van der Waals surface area contributed by atoms with Crippen LogP contribution in [0.15, 0.2) is 218 Å². The maximum atomic E-state index is 10.6. The van der Waals surface area contributed by atoms with Crippen molar-refractivity contribution >= 4 is 88.2 Å². The maximum absolute atomic E-state index is 10.6. The number of ether oxygens (including phenoxy) is 2. The number of aliphatic hydroxyl groups excluding tert-OH is 18. The molecule has 3 rings (SSSR count). The van der Waals surface area contributed by atoms with Gasteiger partial charge in [-0.15, -0.1) is 0 Å². The minimum Gasteiger partial charge on any atom is -0.512 e. The van der Waals surface area contributed by atoms with E-state index < -0.39 is 47.8 Å². The number of ketones is 4. The summed E-state index contributed by atoms with van der Waals surface area (Å²) in [6.45, 7) is 75.2. The molecule has 0 radical (unpaired) electrons. The quantitative estimate of drug-likeness (QED) is 0.0258. The molecule has 0 saturated carbocycles. The number of carbonyl (C=O) groups is 12. The number of hydrogen-bond donors (Lipinski definition) is 24. The third kappa shape index (κ3) is 388. The van der Waals surface area contributed by atoms with Crippen LogP contribution in [-0.2, 0) is 197 Å². The Labute approximate surface area is 958 Å². The van der Waals surface area contributed by atoms with Gasteiger partial charge in [-0.1, -0.05) is 130 Å². The molecule has 3 aromatic carbocycles. The molecule has 0 aliphatic carbocycles. The van der Waals surface area contributed by atoms with Crippen LogP contribution >= 0.6 is 0 Å². The van der Waals surface area contributed by atoms with Crippen molar-refractivity contribution in [3.63, 3.8) is 0 Å². The standard InChI is InChI=1S/3C10H10O2.2C6H10O3.C5H8O2.5C4H6O2.C3H4O2.8C3H8O.4C2H6O.6Ti/c3*1-8(11)7-10(12)9-5-3-2-4-6-9;2*1-3-9-6(8)4-5(2)7;1-4(6)3-5(2)7;5*1-3(2)4(5)6;1-2-3(4)5;8*1-3(2)4;4*1-2-3;;;;;;/h3*2-7,12H,1H3;2*4,7H,3H2,1-2H3;3,6H,1-2H3;5*1H2,2H3,(H,5,6);2H,1H2,(H,4,5);8*3-4H,1-2H3;4*3H,2H2,1H3;;;;;;. The third-order valence-electron chi connectivity index (χ3n) is 7.87. The zero-order valence-corrected chi connectivity index (χ0v) is 102. The summed E-state index contributed by atoms with van der Waals surface area (Å²) in [5.74, 6) is -7.21. The maximum Gasteiger partial charge on any atom is 0.334 e. The molecular formula is C102H180O38Ti6. The fourth-order valence-corrected chi connectivity index (χ4v) is 3.66. The Kier molecular flexibility index (Phi) is 236. The number of carbonyl (C=O) groups excluding carboxylic acids is 6. The zero-order chi connectivity index (χ0) is 117. The third-order valence-corrected chi connectivity index (χ3v) is 7.87. The molecule has 0 bridgehead atoms. The Morgan fingerprint density at radius 1 is 0.253 bits per heavy atom. The van der Waals surface area contributed by atoms with E-state index in [2.05, 4.69) is 48.9 Å². The van der Waals surface area contributed by atoms with E-state index in [-0.39, 0.29) is 291 Å². The summed E-state index contributed by atoms with van der Waals surface area (Å²) in [5.41, 5.74) is 2.86. The number of esters is 2. The first kappa shape index (κ1) is 210. The molecule has 0 aliphatic rings. The molecule has 0 aliphatic heterocycles. The van der Waals surface area contributed by atoms with Crippen molar-refractivity contribution in [1.29, 1.82) is 0 Å². The van der Waals surface area contributed by atoms with Gasteiger partial charge in [0.25, 0.3) is 0 Å². The van der Waals surface area contributed by atoms with Gasteiger partial charge in [0, 0.05) is 281 Å². The van der Waals surface area contributed by atoms with Crippen molar-refractivity contribution in [2.75, 3.05) is 39.6 Å². The molecule has 38 nitrogen and oxygen atoms in total. The molecule has 0 aromatic heterocycles. The number of carboxylic acid groups (broad SMARTS) is 6. The first-order chi connectivity index (χ1) is 63.5. The second kappa shape index (κ2) is 164. The molecule has 3 aromatic rings. The van der Waals surface area contributed by atoms with Crippen molar-refractivity contribution in [2.24, 2.45) is 0 Å². The summed E-state index contributed by atoms with van der Waals surface area (Å²) in [6, 6.07) is 26.9. The van der Waals surface area contributed by atoms with E-state index in [0.717, 1.165) is 18.2 Å². The van der Waals surface area contributed by atoms with E-state index in [4.69, 9.17) is 107 Å². The monoisotopic (exact) mass is 2300 g/mol. The Hall–Kier alpha value is -8.41. The van der Waals surface area contributed by atoms with Crippen molar-refractivity contribution in [2.45, 2.75) is 284 Å². The predicted octanol–water partition coefficient (Wildman–Crippen LogP) is 16.2. The van der Waals surface area contributed by atoms with Gasteiger partial charge in [-0.25, -0.2) is 38.4 Å². The molecule has 0 saturated heterocycles. The molecule has 840 valence electrons. The molecule has 44 heteroatoms. The van der Waals surface area contributed by atoms with Gasteiger partial charge >= 0.3 is 47.8 Å². The Balaban J connectivity index is -0.0000000410. The summed E-state index contributed by atoms with van der Waals surface area (Å²) >= 11 is 0. The van der Waals surface area contributed by atoms with Gasteiger partial charge in [-0.2, -0.15) is 0 Å². The average molecular weight is 2300 g/mol. The van der Waals surface area contributed by atoms with Crippen molar-refractivity contribution < 1.29 is 320 Å². The van der Waals surface area contributed by atoms with Crippen LogP contribution in [0.2, 0.25) is 0 Å². The van der Waals surface area contributed by atoms with Crippen LogP contribution in [0.3, 0.4) is 0 Å². The summed E-state index contributed by atoms with van der Waals surface area (Å²) in [4.78, 5) is 120. The first-order valence-electron chi connectivity index (χ1n) is 42.6. The predicted molar refractivity (Wildman–Crippen MR) is 556 cm³/mol. The summed E-state index contributed by atoms with van der Waals surface area (Å²) in [6.07, 6.45) is 6.34. The van der Waals surface area contributed by atoms with Crippen LogP contribution in [0, 0.1) is 0 Å². The van der Waals surface area contributed by atoms with E-state index in [1.807, 2.05) is 18.2 Å².